The van der Waals surface area contributed by atoms with Crippen LogP contribution in [-0.2, 0) is 0 Å². The lowest BCUT2D eigenvalue weighted by Crippen LogP contribution is -2.37. The van der Waals surface area contributed by atoms with Gasteiger partial charge in [-0.2, -0.15) is 0 Å². The number of nitrogens with zero attached hydrogens (tertiary/aromatic N) is 1. The molecule has 1 aromatic carbocycles. The van der Waals surface area contributed by atoms with Crippen LogP contribution in [0.2, 0.25) is 0 Å². The summed E-state index contributed by atoms with van der Waals surface area (Å²) in [5.74, 6) is -0.997. The number of hydrogen-bond donors (Lipinski definition) is 1. The summed E-state index contributed by atoms with van der Waals surface area (Å²) in [6, 6.07) is 2.89. The Morgan fingerprint density at radius 3 is 1.86 bits per heavy atom. The molecule has 1 aliphatic heterocycles. The van der Waals surface area contributed by atoms with Crippen molar-refractivity contribution in [1.82, 2.24) is 4.90 Å². The van der Waals surface area contributed by atoms with Gasteiger partial charge >= 0.3 is 0 Å². The molecule has 2 rings (SSSR count). The van der Waals surface area contributed by atoms with E-state index in [0.717, 1.165) is 25.9 Å². The smallest absolute Gasteiger partial charge is 0.149 e. The summed E-state index contributed by atoms with van der Waals surface area (Å²) in [4.78, 5) is 2.22. The van der Waals surface area contributed by atoms with Crippen molar-refractivity contribution in [2.45, 2.75) is 53.5 Å². The Hall–Kier alpha value is -1.16. The van der Waals surface area contributed by atoms with E-state index < -0.39 is 11.6 Å². The Balaban J connectivity index is 0.000000921. The second-order valence-corrected chi connectivity index (χ2v) is 4.83. The number of halogens is 2. The molecular weight excluding hydrogens is 270 g/mol. The van der Waals surface area contributed by atoms with E-state index in [1.807, 2.05) is 27.7 Å². The predicted molar refractivity (Wildman–Crippen MR) is 87.9 cm³/mol. The Morgan fingerprint density at radius 1 is 1.00 bits per heavy atom. The highest BCUT2D eigenvalue weighted by Crippen LogP contribution is 2.23. The van der Waals surface area contributed by atoms with Gasteiger partial charge < -0.3 is 10.2 Å². The third-order valence-electron chi connectivity index (χ3n) is 3.25. The third-order valence-corrected chi connectivity index (χ3v) is 3.25. The van der Waals surface area contributed by atoms with E-state index in [2.05, 4.69) is 17.3 Å². The molecule has 1 aromatic rings. The van der Waals surface area contributed by atoms with Crippen molar-refractivity contribution in [3.05, 3.63) is 29.3 Å². The minimum absolute atomic E-state index is 0.0187. The maximum absolute atomic E-state index is 13.6. The van der Waals surface area contributed by atoms with Crippen LogP contribution in [0, 0.1) is 18.6 Å². The van der Waals surface area contributed by atoms with Gasteiger partial charge in [0.15, 0.2) is 0 Å². The average Bonchev–Trinajstić information content (AvgIpc) is 2.49. The molecule has 0 radical (unpaired) electrons. The van der Waals surface area contributed by atoms with Crippen molar-refractivity contribution < 1.29 is 8.78 Å². The fourth-order valence-corrected chi connectivity index (χ4v) is 2.19. The first-order valence-corrected chi connectivity index (χ1v) is 7.97. The number of aryl methyl sites for hydroxylation is 1. The first kappa shape index (κ1) is 19.8. The summed E-state index contributed by atoms with van der Waals surface area (Å²) >= 11 is 0. The van der Waals surface area contributed by atoms with E-state index in [-0.39, 0.29) is 11.7 Å². The Bertz CT molecular complexity index is 377. The van der Waals surface area contributed by atoms with Crippen LogP contribution in [0.5, 0.6) is 0 Å². The second kappa shape index (κ2) is 10.6. The van der Waals surface area contributed by atoms with Crippen LogP contribution in [0.3, 0.4) is 0 Å². The highest BCUT2D eigenvalue weighted by atomic mass is 19.1. The highest BCUT2D eigenvalue weighted by Gasteiger charge is 2.19. The van der Waals surface area contributed by atoms with Crippen LogP contribution in [0.4, 0.5) is 14.5 Å². The number of hydrogen-bond acceptors (Lipinski definition) is 2. The molecule has 0 bridgehead atoms. The van der Waals surface area contributed by atoms with E-state index in [9.17, 15) is 8.78 Å². The molecule has 21 heavy (non-hydrogen) atoms. The van der Waals surface area contributed by atoms with Crippen molar-refractivity contribution in [1.29, 1.82) is 0 Å². The topological polar surface area (TPSA) is 15.3 Å². The van der Waals surface area contributed by atoms with Gasteiger partial charge in [-0.3, -0.25) is 0 Å². The highest BCUT2D eigenvalue weighted by molar-refractivity contribution is 5.48. The molecule has 2 nitrogen and oxygen atoms in total. The summed E-state index contributed by atoms with van der Waals surface area (Å²) in [7, 11) is 2.06. The SMILES string of the molecule is CC.CC.Cc1cc(F)c(NC2CCN(C)CC2)c(F)c1. The second-order valence-electron chi connectivity index (χ2n) is 4.83. The Labute approximate surface area is 128 Å². The lowest BCUT2D eigenvalue weighted by Gasteiger charge is -2.30. The lowest BCUT2D eigenvalue weighted by molar-refractivity contribution is 0.263. The molecule has 0 unspecified atom stereocenters. The van der Waals surface area contributed by atoms with E-state index in [1.54, 1.807) is 6.92 Å². The van der Waals surface area contributed by atoms with Gasteiger partial charge in [0.2, 0.25) is 0 Å². The summed E-state index contributed by atoms with van der Waals surface area (Å²) in [5, 5.41) is 2.99. The number of benzene rings is 1. The maximum atomic E-state index is 13.6. The molecule has 1 fully saturated rings. The number of nitrogens with one attached hydrogen (secondary N) is 1. The molecule has 1 N–H and O–H groups in total. The average molecular weight is 300 g/mol. The first-order chi connectivity index (χ1) is 10.1. The first-order valence-electron chi connectivity index (χ1n) is 7.97. The van der Waals surface area contributed by atoms with Gasteiger partial charge in [0.25, 0.3) is 0 Å². The monoisotopic (exact) mass is 300 g/mol. The third kappa shape index (κ3) is 6.42. The van der Waals surface area contributed by atoms with Gasteiger partial charge in [-0.05, 0) is 57.6 Å². The molecule has 0 spiro atoms. The van der Waals surface area contributed by atoms with Crippen molar-refractivity contribution in [2.75, 3.05) is 25.5 Å². The van der Waals surface area contributed by atoms with Gasteiger partial charge in [0.05, 0.1) is 0 Å². The fourth-order valence-electron chi connectivity index (χ4n) is 2.19. The van der Waals surface area contributed by atoms with Gasteiger partial charge in [-0.25, -0.2) is 8.78 Å². The van der Waals surface area contributed by atoms with Crippen LogP contribution in [0.15, 0.2) is 12.1 Å². The maximum Gasteiger partial charge on any atom is 0.149 e. The number of piperidine rings is 1. The quantitative estimate of drug-likeness (QED) is 0.841. The van der Waals surface area contributed by atoms with E-state index >= 15 is 0 Å². The molecule has 122 valence electrons. The zero-order chi connectivity index (χ0) is 16.4. The van der Waals surface area contributed by atoms with E-state index in [1.165, 1.54) is 12.1 Å². The molecule has 1 heterocycles. The predicted octanol–water partition coefficient (Wildman–Crippen LogP) is 4.83. The summed E-state index contributed by atoms with van der Waals surface area (Å²) < 4.78 is 27.3. The van der Waals surface area contributed by atoms with Gasteiger partial charge in [-0.15, -0.1) is 0 Å². The summed E-state index contributed by atoms with van der Waals surface area (Å²) in [5.41, 5.74) is 0.624. The van der Waals surface area contributed by atoms with Crippen molar-refractivity contribution in [2.24, 2.45) is 0 Å². The number of rotatable bonds is 2. The zero-order valence-electron chi connectivity index (χ0n) is 14.3. The van der Waals surface area contributed by atoms with Crippen LogP contribution in [-0.4, -0.2) is 31.1 Å². The molecule has 0 saturated carbocycles. The fraction of sp³-hybridized carbons (Fsp3) is 0.647. The van der Waals surface area contributed by atoms with Crippen LogP contribution in [0.25, 0.3) is 0 Å². The molecule has 0 atom stereocenters. The van der Waals surface area contributed by atoms with Crippen molar-refractivity contribution >= 4 is 5.69 Å². The van der Waals surface area contributed by atoms with Crippen LogP contribution in [0.1, 0.15) is 46.1 Å². The van der Waals surface area contributed by atoms with Gasteiger partial charge in [0.1, 0.15) is 17.3 Å². The minimum atomic E-state index is -0.499. The lowest BCUT2D eigenvalue weighted by atomic mass is 10.0. The Kier molecular flexibility index (Phi) is 9.97. The molecule has 0 amide bonds. The van der Waals surface area contributed by atoms with E-state index in [4.69, 9.17) is 0 Å². The largest absolute Gasteiger partial charge is 0.377 e. The van der Waals surface area contributed by atoms with Gasteiger partial charge in [0, 0.05) is 6.04 Å². The molecule has 1 aliphatic rings. The molecule has 0 aromatic heterocycles. The minimum Gasteiger partial charge on any atom is -0.377 e. The normalized spacial score (nSPS) is 15.4. The van der Waals surface area contributed by atoms with E-state index in [0.29, 0.717) is 5.56 Å². The standard InChI is InChI=1S/C13H18F2N2.2C2H6/c1-9-7-11(14)13(12(15)8-9)16-10-3-5-17(2)6-4-10;2*1-2/h7-8,10,16H,3-6H2,1-2H3;2*1-2H3. The van der Waals surface area contributed by atoms with Gasteiger partial charge in [-0.1, -0.05) is 27.7 Å². The van der Waals surface area contributed by atoms with Crippen molar-refractivity contribution in [3.63, 3.8) is 0 Å². The Morgan fingerprint density at radius 2 is 1.43 bits per heavy atom. The molecule has 1 saturated heterocycles. The van der Waals surface area contributed by atoms with Crippen LogP contribution >= 0.6 is 0 Å². The van der Waals surface area contributed by atoms with Crippen LogP contribution < -0.4 is 5.32 Å². The zero-order valence-corrected chi connectivity index (χ0v) is 14.3. The number of likely N-dealkylation sites (tertiary alicyclic amines) is 1. The molecule has 0 aliphatic carbocycles. The summed E-state index contributed by atoms with van der Waals surface area (Å²) in [6.45, 7) is 11.6. The number of anilines is 1. The summed E-state index contributed by atoms with van der Waals surface area (Å²) in [6.07, 6.45) is 1.84. The molecule has 4 heteroatoms. The molecular formula is C17H30F2N2. The van der Waals surface area contributed by atoms with Crippen molar-refractivity contribution in [3.8, 4) is 0 Å².